The molecule has 11 heteroatoms. The molecule has 1 unspecified atom stereocenters. The minimum Gasteiger partial charge on any atom is -0.355 e. The SMILES string of the molecule is CCNC(=O)C(Cc1ccccc1)N(Cc1cccc(Br)c1)C(=O)CN(c1ccc(F)c(Cl)c1)S(C)(=O)=O. The molecule has 0 aliphatic rings. The molecule has 0 saturated carbocycles. The second-order valence-corrected chi connectivity index (χ2v) is 11.8. The van der Waals surface area contributed by atoms with Crippen LogP contribution in [0, 0.1) is 5.82 Å². The van der Waals surface area contributed by atoms with Crippen LogP contribution in [-0.2, 0) is 32.6 Å². The second kappa shape index (κ2) is 13.2. The number of rotatable bonds is 11. The van der Waals surface area contributed by atoms with E-state index in [1.165, 1.54) is 11.0 Å². The fourth-order valence-corrected chi connectivity index (χ4v) is 5.39. The molecule has 2 amide bonds. The van der Waals surface area contributed by atoms with Crippen molar-refractivity contribution in [3.8, 4) is 0 Å². The van der Waals surface area contributed by atoms with Gasteiger partial charge in [-0.2, -0.15) is 0 Å². The fraction of sp³-hybridized carbons (Fsp3) is 0.259. The number of hydrogen-bond acceptors (Lipinski definition) is 4. The third-order valence-corrected chi connectivity index (χ3v) is 7.66. The highest BCUT2D eigenvalue weighted by Crippen LogP contribution is 2.25. The zero-order valence-corrected chi connectivity index (χ0v) is 24.1. The summed E-state index contributed by atoms with van der Waals surface area (Å²) in [7, 11) is -3.97. The Bertz CT molecular complexity index is 1390. The Morgan fingerprint density at radius 1 is 1.03 bits per heavy atom. The van der Waals surface area contributed by atoms with E-state index in [4.69, 9.17) is 11.6 Å². The van der Waals surface area contributed by atoms with Crippen LogP contribution in [-0.4, -0.2) is 50.5 Å². The number of benzene rings is 3. The Balaban J connectivity index is 2.05. The maximum absolute atomic E-state index is 13.9. The van der Waals surface area contributed by atoms with Gasteiger partial charge >= 0.3 is 0 Å². The number of carbonyl (C=O) groups excluding carboxylic acids is 2. The summed E-state index contributed by atoms with van der Waals surface area (Å²) in [6.45, 7) is 1.57. The zero-order chi connectivity index (χ0) is 27.9. The number of likely N-dealkylation sites (N-methyl/N-ethyl adjacent to an activating group) is 1. The smallest absolute Gasteiger partial charge is 0.244 e. The van der Waals surface area contributed by atoms with Crippen LogP contribution < -0.4 is 9.62 Å². The van der Waals surface area contributed by atoms with E-state index in [-0.39, 0.29) is 29.6 Å². The van der Waals surface area contributed by atoms with Crippen LogP contribution in [0.3, 0.4) is 0 Å². The topological polar surface area (TPSA) is 86.8 Å². The molecular weight excluding hydrogens is 597 g/mol. The van der Waals surface area contributed by atoms with Gasteiger partial charge in [0.1, 0.15) is 18.4 Å². The van der Waals surface area contributed by atoms with E-state index in [0.29, 0.717) is 6.54 Å². The molecule has 0 aliphatic heterocycles. The first-order valence-electron chi connectivity index (χ1n) is 11.8. The minimum atomic E-state index is -3.97. The summed E-state index contributed by atoms with van der Waals surface area (Å²) in [6, 6.07) is 19.0. The number of nitrogens with one attached hydrogen (secondary N) is 1. The summed E-state index contributed by atoms with van der Waals surface area (Å²) in [5.41, 5.74) is 1.61. The summed E-state index contributed by atoms with van der Waals surface area (Å²) in [5, 5.41) is 2.52. The van der Waals surface area contributed by atoms with Crippen molar-refractivity contribution in [2.45, 2.75) is 25.9 Å². The first kappa shape index (κ1) is 29.6. The summed E-state index contributed by atoms with van der Waals surface area (Å²) >= 11 is 9.33. The molecule has 202 valence electrons. The van der Waals surface area contributed by atoms with Crippen molar-refractivity contribution in [3.63, 3.8) is 0 Å². The van der Waals surface area contributed by atoms with Crippen LogP contribution in [0.15, 0.2) is 77.3 Å². The molecular formula is C27H28BrClFN3O4S. The molecule has 3 aromatic carbocycles. The van der Waals surface area contributed by atoms with E-state index in [9.17, 15) is 22.4 Å². The maximum Gasteiger partial charge on any atom is 0.244 e. The van der Waals surface area contributed by atoms with Crippen LogP contribution in [0.1, 0.15) is 18.1 Å². The van der Waals surface area contributed by atoms with Crippen LogP contribution in [0.2, 0.25) is 5.02 Å². The molecule has 0 heterocycles. The Labute approximate surface area is 235 Å². The van der Waals surface area contributed by atoms with Crippen molar-refractivity contribution in [1.29, 1.82) is 0 Å². The van der Waals surface area contributed by atoms with Crippen LogP contribution in [0.5, 0.6) is 0 Å². The molecule has 0 aromatic heterocycles. The Kier molecular flexibility index (Phi) is 10.3. The molecule has 0 fully saturated rings. The number of halogens is 3. The second-order valence-electron chi connectivity index (χ2n) is 8.62. The standard InChI is InChI=1S/C27H28BrClFN3O4S/c1-3-31-27(35)25(15-19-8-5-4-6-9-19)32(17-20-10-7-11-21(28)14-20)26(34)18-33(38(2,36)37)22-12-13-24(30)23(29)16-22/h4-14,16,25H,3,15,17-18H2,1-2H3,(H,31,35). The minimum absolute atomic E-state index is 0.0345. The van der Waals surface area contributed by atoms with E-state index in [2.05, 4.69) is 21.2 Å². The molecule has 0 saturated heterocycles. The molecule has 0 radical (unpaired) electrons. The number of anilines is 1. The molecule has 3 aromatic rings. The van der Waals surface area contributed by atoms with E-state index in [1.54, 1.807) is 6.92 Å². The van der Waals surface area contributed by atoms with Crippen molar-refractivity contribution in [3.05, 3.63) is 99.2 Å². The van der Waals surface area contributed by atoms with Crippen molar-refractivity contribution in [2.24, 2.45) is 0 Å². The number of sulfonamides is 1. The summed E-state index contributed by atoms with van der Waals surface area (Å²) in [6.07, 6.45) is 1.16. The molecule has 0 aliphatic carbocycles. The first-order chi connectivity index (χ1) is 18.0. The largest absolute Gasteiger partial charge is 0.355 e. The highest BCUT2D eigenvalue weighted by molar-refractivity contribution is 9.10. The molecule has 0 bridgehead atoms. The lowest BCUT2D eigenvalue weighted by Crippen LogP contribution is -2.53. The fourth-order valence-electron chi connectivity index (χ4n) is 3.93. The van der Waals surface area contributed by atoms with E-state index in [0.717, 1.165) is 38.3 Å². The van der Waals surface area contributed by atoms with Crippen molar-refractivity contribution < 1.29 is 22.4 Å². The molecule has 7 nitrogen and oxygen atoms in total. The van der Waals surface area contributed by atoms with Crippen LogP contribution >= 0.6 is 27.5 Å². The first-order valence-corrected chi connectivity index (χ1v) is 14.8. The lowest BCUT2D eigenvalue weighted by atomic mass is 10.0. The van der Waals surface area contributed by atoms with Crippen molar-refractivity contribution in [2.75, 3.05) is 23.7 Å². The van der Waals surface area contributed by atoms with Gasteiger partial charge in [-0.1, -0.05) is 70.0 Å². The molecule has 0 spiro atoms. The van der Waals surface area contributed by atoms with Crippen LogP contribution in [0.4, 0.5) is 10.1 Å². The Morgan fingerprint density at radius 2 is 1.71 bits per heavy atom. The van der Waals surface area contributed by atoms with Crippen molar-refractivity contribution >= 4 is 55.1 Å². The highest BCUT2D eigenvalue weighted by atomic mass is 79.9. The molecule has 1 N–H and O–H groups in total. The number of nitrogens with zero attached hydrogens (tertiary/aromatic N) is 2. The van der Waals surface area contributed by atoms with E-state index >= 15 is 0 Å². The third kappa shape index (κ3) is 8.02. The average molecular weight is 625 g/mol. The summed E-state index contributed by atoms with van der Waals surface area (Å²) in [5.74, 6) is -1.69. The highest BCUT2D eigenvalue weighted by Gasteiger charge is 2.33. The number of hydrogen-bond donors (Lipinski definition) is 1. The van der Waals surface area contributed by atoms with Crippen LogP contribution in [0.25, 0.3) is 0 Å². The van der Waals surface area contributed by atoms with Gasteiger partial charge in [-0.3, -0.25) is 13.9 Å². The summed E-state index contributed by atoms with van der Waals surface area (Å²) < 4.78 is 40.9. The predicted molar refractivity (Wildman–Crippen MR) is 151 cm³/mol. The molecule has 3 rings (SSSR count). The predicted octanol–water partition coefficient (Wildman–Crippen LogP) is 4.78. The number of carbonyl (C=O) groups is 2. The van der Waals surface area contributed by atoms with Gasteiger partial charge in [-0.25, -0.2) is 12.8 Å². The van der Waals surface area contributed by atoms with E-state index < -0.39 is 34.3 Å². The quantitative estimate of drug-likeness (QED) is 0.333. The Hall–Kier alpha value is -2.95. The zero-order valence-electron chi connectivity index (χ0n) is 20.9. The van der Waals surface area contributed by atoms with E-state index in [1.807, 2.05) is 54.6 Å². The lowest BCUT2D eigenvalue weighted by molar-refractivity contribution is -0.140. The van der Waals surface area contributed by atoms with Gasteiger partial charge in [0.05, 0.1) is 17.0 Å². The van der Waals surface area contributed by atoms with Gasteiger partial charge in [0.25, 0.3) is 0 Å². The average Bonchev–Trinajstić information content (AvgIpc) is 2.86. The monoisotopic (exact) mass is 623 g/mol. The Morgan fingerprint density at radius 3 is 2.32 bits per heavy atom. The van der Waals surface area contributed by atoms with Gasteiger partial charge in [0.2, 0.25) is 21.8 Å². The van der Waals surface area contributed by atoms with Gasteiger partial charge in [-0.05, 0) is 48.4 Å². The van der Waals surface area contributed by atoms with Gasteiger partial charge < -0.3 is 10.2 Å². The maximum atomic E-state index is 13.9. The normalized spacial score (nSPS) is 12.0. The molecule has 1 atom stereocenters. The van der Waals surface area contributed by atoms with Crippen molar-refractivity contribution in [1.82, 2.24) is 10.2 Å². The number of amides is 2. The third-order valence-electron chi connectivity index (χ3n) is 5.73. The van der Waals surface area contributed by atoms with Gasteiger partial charge in [0, 0.05) is 24.0 Å². The lowest BCUT2D eigenvalue weighted by Gasteiger charge is -2.33. The van der Waals surface area contributed by atoms with Gasteiger partial charge in [0.15, 0.2) is 0 Å². The van der Waals surface area contributed by atoms with Gasteiger partial charge in [-0.15, -0.1) is 0 Å². The summed E-state index contributed by atoms with van der Waals surface area (Å²) in [4.78, 5) is 28.5. The molecule has 38 heavy (non-hydrogen) atoms.